The van der Waals surface area contributed by atoms with Crippen molar-refractivity contribution in [1.82, 2.24) is 9.97 Å². The number of para-hydroxylation sites is 2. The molecule has 6 rings (SSSR count). The van der Waals surface area contributed by atoms with E-state index in [1.165, 1.54) is 11.1 Å². The third-order valence-electron chi connectivity index (χ3n) is 6.83. The molecule has 0 aliphatic heterocycles. The first-order valence-electron chi connectivity index (χ1n) is 13.8. The lowest BCUT2D eigenvalue weighted by Crippen LogP contribution is -2.22. The fourth-order valence-electron chi connectivity index (χ4n) is 4.77. The predicted octanol–water partition coefficient (Wildman–Crippen LogP) is 7.96. The highest BCUT2D eigenvalue weighted by molar-refractivity contribution is 5.85. The van der Waals surface area contributed by atoms with E-state index in [2.05, 4.69) is 89.8 Å². The highest BCUT2D eigenvalue weighted by atomic mass is 16.5. The second-order valence-corrected chi connectivity index (χ2v) is 9.75. The summed E-state index contributed by atoms with van der Waals surface area (Å²) in [6.07, 6.45) is 0. The van der Waals surface area contributed by atoms with Crippen molar-refractivity contribution in [1.29, 1.82) is 0 Å². The summed E-state index contributed by atoms with van der Waals surface area (Å²) >= 11 is 0. The molecule has 0 fully saturated rings. The lowest BCUT2D eigenvalue weighted by atomic mass is 10.1. The first-order valence-corrected chi connectivity index (χ1v) is 13.8. The summed E-state index contributed by atoms with van der Waals surface area (Å²) in [4.78, 5) is 12.1. The fraction of sp³-hybridized carbons (Fsp3) is 0.111. The van der Waals surface area contributed by atoms with Gasteiger partial charge in [-0.1, -0.05) is 91.0 Å². The van der Waals surface area contributed by atoms with Crippen LogP contribution in [0.1, 0.15) is 11.1 Å². The Labute approximate surface area is 240 Å². The molecule has 202 valence electrons. The summed E-state index contributed by atoms with van der Waals surface area (Å²) in [7, 11) is 0. The van der Waals surface area contributed by atoms with Gasteiger partial charge in [-0.3, -0.25) is 0 Å². The summed E-state index contributed by atoms with van der Waals surface area (Å²) in [6, 6.07) is 47.3. The van der Waals surface area contributed by atoms with Gasteiger partial charge in [-0.15, -0.1) is 0 Å². The van der Waals surface area contributed by atoms with E-state index >= 15 is 0 Å². The Morgan fingerprint density at radius 1 is 0.512 bits per heavy atom. The smallest absolute Gasteiger partial charge is 0.225 e. The van der Waals surface area contributed by atoms with Crippen LogP contribution in [0.15, 0.2) is 140 Å². The fourth-order valence-corrected chi connectivity index (χ4v) is 4.77. The highest BCUT2D eigenvalue weighted by Crippen LogP contribution is 2.29. The molecule has 0 spiro atoms. The van der Waals surface area contributed by atoms with Gasteiger partial charge in [0.1, 0.15) is 19.0 Å². The second kappa shape index (κ2) is 12.8. The van der Waals surface area contributed by atoms with Crippen molar-refractivity contribution in [2.75, 3.05) is 18.1 Å². The number of nitrogens with zero attached hydrogens (tertiary/aromatic N) is 3. The number of hydrogen-bond donors (Lipinski definition) is 0. The molecule has 0 bridgehead atoms. The molecule has 0 unspecified atom stereocenters. The Balaban J connectivity index is 1.23. The molecule has 5 heteroatoms. The molecule has 0 atom stereocenters. The minimum atomic E-state index is 0.377. The summed E-state index contributed by atoms with van der Waals surface area (Å²) in [6.45, 7) is 2.42. The lowest BCUT2D eigenvalue weighted by molar-refractivity contribution is 0.214. The van der Waals surface area contributed by atoms with E-state index in [9.17, 15) is 0 Å². The number of ether oxygens (including phenoxy) is 2. The molecule has 0 aliphatic carbocycles. The van der Waals surface area contributed by atoms with Crippen LogP contribution in [0.2, 0.25) is 0 Å². The van der Waals surface area contributed by atoms with E-state index in [4.69, 9.17) is 19.4 Å². The summed E-state index contributed by atoms with van der Waals surface area (Å²) in [5.41, 5.74) is 5.45. The van der Waals surface area contributed by atoms with Gasteiger partial charge in [-0.05, 0) is 59.7 Å². The Morgan fingerprint density at radius 3 is 1.73 bits per heavy atom. The SMILES string of the molecule is c1ccc(CN(Cc2ccccc2)c2ccc(-c3nc(OCCOc4ccccc4)c4ccccc4n3)cc2)cc1. The van der Waals surface area contributed by atoms with Crippen molar-refractivity contribution in [3.8, 4) is 23.0 Å². The minimum Gasteiger partial charge on any atom is -0.490 e. The van der Waals surface area contributed by atoms with Crippen LogP contribution < -0.4 is 14.4 Å². The lowest BCUT2D eigenvalue weighted by Gasteiger charge is -2.25. The average Bonchev–Trinajstić information content (AvgIpc) is 3.04. The van der Waals surface area contributed by atoms with Crippen molar-refractivity contribution < 1.29 is 9.47 Å². The van der Waals surface area contributed by atoms with Crippen molar-refractivity contribution in [3.63, 3.8) is 0 Å². The van der Waals surface area contributed by atoms with E-state index in [1.54, 1.807) is 0 Å². The third kappa shape index (κ3) is 6.71. The van der Waals surface area contributed by atoms with Crippen LogP contribution in [0, 0.1) is 0 Å². The van der Waals surface area contributed by atoms with E-state index in [0.29, 0.717) is 24.9 Å². The molecule has 0 amide bonds. The third-order valence-corrected chi connectivity index (χ3v) is 6.83. The minimum absolute atomic E-state index is 0.377. The molecule has 0 radical (unpaired) electrons. The number of fused-ring (bicyclic) bond motifs is 1. The first kappa shape index (κ1) is 26.1. The van der Waals surface area contributed by atoms with Gasteiger partial charge in [-0.2, -0.15) is 4.98 Å². The second-order valence-electron chi connectivity index (χ2n) is 9.75. The number of aromatic nitrogens is 2. The molecule has 5 nitrogen and oxygen atoms in total. The number of anilines is 1. The van der Waals surface area contributed by atoms with Crippen LogP contribution in [-0.4, -0.2) is 23.2 Å². The molecule has 0 aliphatic rings. The standard InChI is InChI=1S/C36H31N3O2/c1-4-12-28(13-5-1)26-39(27-29-14-6-2-7-15-29)31-22-20-30(21-23-31)35-37-34-19-11-10-18-33(34)36(38-35)41-25-24-40-32-16-8-3-9-17-32/h1-23H,24-27H2. The van der Waals surface area contributed by atoms with Crippen LogP contribution in [0.25, 0.3) is 22.3 Å². The Bertz CT molecular complexity index is 1630. The zero-order valence-corrected chi connectivity index (χ0v) is 22.8. The molecular formula is C36H31N3O2. The maximum absolute atomic E-state index is 6.11. The zero-order valence-electron chi connectivity index (χ0n) is 22.8. The van der Waals surface area contributed by atoms with Gasteiger partial charge in [0.25, 0.3) is 0 Å². The molecule has 0 saturated heterocycles. The van der Waals surface area contributed by atoms with Gasteiger partial charge in [-0.25, -0.2) is 4.98 Å². The summed E-state index contributed by atoms with van der Waals surface area (Å²) < 4.78 is 11.9. The predicted molar refractivity (Wildman–Crippen MR) is 165 cm³/mol. The Kier molecular flexibility index (Phi) is 8.14. The Hall–Kier alpha value is -5.16. The van der Waals surface area contributed by atoms with Crippen LogP contribution >= 0.6 is 0 Å². The van der Waals surface area contributed by atoms with E-state index in [-0.39, 0.29) is 0 Å². The summed E-state index contributed by atoms with van der Waals surface area (Å²) in [5, 5.41) is 0.879. The van der Waals surface area contributed by atoms with Crippen molar-refractivity contribution >= 4 is 16.6 Å². The molecule has 1 heterocycles. The molecule has 0 saturated carbocycles. The normalized spacial score (nSPS) is 10.8. The highest BCUT2D eigenvalue weighted by Gasteiger charge is 2.13. The van der Waals surface area contributed by atoms with Gasteiger partial charge in [0.2, 0.25) is 5.88 Å². The van der Waals surface area contributed by atoms with Crippen LogP contribution in [0.3, 0.4) is 0 Å². The topological polar surface area (TPSA) is 47.5 Å². The number of benzene rings is 5. The van der Waals surface area contributed by atoms with E-state index in [1.807, 2.05) is 54.6 Å². The van der Waals surface area contributed by atoms with Gasteiger partial charge >= 0.3 is 0 Å². The zero-order chi connectivity index (χ0) is 27.7. The molecular weight excluding hydrogens is 506 g/mol. The van der Waals surface area contributed by atoms with Gasteiger partial charge < -0.3 is 14.4 Å². The van der Waals surface area contributed by atoms with Crippen LogP contribution in [0.4, 0.5) is 5.69 Å². The van der Waals surface area contributed by atoms with Crippen molar-refractivity contribution in [2.24, 2.45) is 0 Å². The quantitative estimate of drug-likeness (QED) is 0.157. The average molecular weight is 538 g/mol. The maximum atomic E-state index is 6.11. The maximum Gasteiger partial charge on any atom is 0.225 e. The molecule has 5 aromatic carbocycles. The van der Waals surface area contributed by atoms with E-state index < -0.39 is 0 Å². The summed E-state index contributed by atoms with van der Waals surface area (Å²) in [5.74, 6) is 2.01. The number of hydrogen-bond acceptors (Lipinski definition) is 5. The van der Waals surface area contributed by atoms with Crippen LogP contribution in [0.5, 0.6) is 11.6 Å². The van der Waals surface area contributed by atoms with Gasteiger partial charge in [0.15, 0.2) is 5.82 Å². The Morgan fingerprint density at radius 2 is 1.07 bits per heavy atom. The van der Waals surface area contributed by atoms with Crippen molar-refractivity contribution in [3.05, 3.63) is 151 Å². The molecule has 0 N–H and O–H groups in total. The first-order chi connectivity index (χ1) is 20.3. The van der Waals surface area contributed by atoms with Crippen LogP contribution in [-0.2, 0) is 13.1 Å². The molecule has 1 aromatic heterocycles. The van der Waals surface area contributed by atoms with Crippen molar-refractivity contribution in [2.45, 2.75) is 13.1 Å². The number of rotatable bonds is 11. The monoisotopic (exact) mass is 537 g/mol. The van der Waals surface area contributed by atoms with E-state index in [0.717, 1.165) is 41.0 Å². The largest absolute Gasteiger partial charge is 0.490 e. The molecule has 41 heavy (non-hydrogen) atoms. The van der Waals surface area contributed by atoms with Gasteiger partial charge in [0.05, 0.1) is 10.9 Å². The van der Waals surface area contributed by atoms with Gasteiger partial charge in [0, 0.05) is 24.3 Å². The molecule has 6 aromatic rings.